The highest BCUT2D eigenvalue weighted by molar-refractivity contribution is 5.74. The molecule has 0 amide bonds. The van der Waals surface area contributed by atoms with E-state index in [4.69, 9.17) is 9.47 Å². The van der Waals surface area contributed by atoms with Crippen molar-refractivity contribution in [1.29, 1.82) is 0 Å². The molecule has 0 unspecified atom stereocenters. The maximum atomic E-state index is 5.09. The minimum absolute atomic E-state index is 0.478. The molecule has 0 saturated carbocycles. The van der Waals surface area contributed by atoms with Gasteiger partial charge in [0.2, 0.25) is 0 Å². The van der Waals surface area contributed by atoms with Crippen LogP contribution in [-0.2, 0) is 9.47 Å². The molecule has 0 aliphatic rings. The van der Waals surface area contributed by atoms with E-state index in [0.29, 0.717) is 5.95 Å². The molecule has 0 atom stereocenters. The third-order valence-corrected chi connectivity index (χ3v) is 1.88. The van der Waals surface area contributed by atoms with Crippen LogP contribution in [0.3, 0.4) is 0 Å². The fraction of sp³-hybridized carbons (Fsp3) is 0.167. The molecule has 0 N–H and O–H groups in total. The van der Waals surface area contributed by atoms with Gasteiger partial charge in [-0.15, -0.1) is 0 Å². The predicted molar refractivity (Wildman–Crippen MR) is 57.6 cm³/mol. The lowest BCUT2D eigenvalue weighted by atomic mass is 10.1. The van der Waals surface area contributed by atoms with Gasteiger partial charge in [-0.1, -0.05) is 43.0 Å². The topological polar surface area (TPSA) is 18.5 Å². The van der Waals surface area contributed by atoms with Crippen molar-refractivity contribution in [1.82, 2.24) is 0 Å². The Kier molecular flexibility index (Phi) is 3.80. The first kappa shape index (κ1) is 10.4. The fourth-order valence-corrected chi connectivity index (χ4v) is 1.24. The van der Waals surface area contributed by atoms with Gasteiger partial charge in [-0.05, 0) is 5.56 Å². The summed E-state index contributed by atoms with van der Waals surface area (Å²) in [6.45, 7) is 3.74. The van der Waals surface area contributed by atoms with Crippen molar-refractivity contribution in [3.63, 3.8) is 0 Å². The molecule has 0 aliphatic carbocycles. The summed E-state index contributed by atoms with van der Waals surface area (Å²) >= 11 is 0. The van der Waals surface area contributed by atoms with Crippen LogP contribution in [0, 0.1) is 0 Å². The molecule has 0 aliphatic heterocycles. The van der Waals surface area contributed by atoms with Crippen LogP contribution in [0.4, 0.5) is 0 Å². The average Bonchev–Trinajstić information content (AvgIpc) is 2.27. The van der Waals surface area contributed by atoms with Crippen molar-refractivity contribution in [2.24, 2.45) is 0 Å². The van der Waals surface area contributed by atoms with Gasteiger partial charge in [-0.25, -0.2) is 0 Å². The van der Waals surface area contributed by atoms with Crippen LogP contribution in [0.1, 0.15) is 5.56 Å². The highest BCUT2D eigenvalue weighted by Crippen LogP contribution is 2.20. The first-order valence-electron chi connectivity index (χ1n) is 4.33. The first-order chi connectivity index (χ1) is 6.83. The standard InChI is InChI=1S/C12H14O2/c1-4-11(12(13-2)14-3)10-8-6-5-7-9-10/h4-9H,1H2,2-3H3. The Balaban J connectivity index is 3.15. The van der Waals surface area contributed by atoms with Gasteiger partial charge in [0.05, 0.1) is 19.8 Å². The molecular formula is C12H14O2. The second-order valence-corrected chi connectivity index (χ2v) is 2.68. The van der Waals surface area contributed by atoms with E-state index >= 15 is 0 Å². The van der Waals surface area contributed by atoms with Crippen molar-refractivity contribution in [3.05, 3.63) is 54.5 Å². The number of benzene rings is 1. The molecule has 0 bridgehead atoms. The Bertz CT molecular complexity index is 319. The highest BCUT2D eigenvalue weighted by atomic mass is 16.7. The van der Waals surface area contributed by atoms with E-state index < -0.39 is 0 Å². The van der Waals surface area contributed by atoms with Gasteiger partial charge < -0.3 is 9.47 Å². The Morgan fingerprint density at radius 3 is 2.14 bits per heavy atom. The molecule has 0 heterocycles. The number of rotatable bonds is 4. The lowest BCUT2D eigenvalue weighted by Crippen LogP contribution is -1.94. The van der Waals surface area contributed by atoms with E-state index in [9.17, 15) is 0 Å². The third kappa shape index (κ3) is 2.16. The summed E-state index contributed by atoms with van der Waals surface area (Å²) in [7, 11) is 3.15. The second kappa shape index (κ2) is 5.12. The van der Waals surface area contributed by atoms with Crippen LogP contribution < -0.4 is 0 Å². The number of methoxy groups -OCH3 is 2. The molecule has 0 saturated heterocycles. The zero-order valence-electron chi connectivity index (χ0n) is 8.49. The molecule has 1 rings (SSSR count). The smallest absolute Gasteiger partial charge is 0.286 e. The van der Waals surface area contributed by atoms with Crippen molar-refractivity contribution in [2.75, 3.05) is 14.2 Å². The van der Waals surface area contributed by atoms with Crippen LogP contribution in [0.25, 0.3) is 5.57 Å². The largest absolute Gasteiger partial charge is 0.468 e. The van der Waals surface area contributed by atoms with Gasteiger partial charge in [0.25, 0.3) is 5.95 Å². The van der Waals surface area contributed by atoms with Crippen LogP contribution in [-0.4, -0.2) is 14.2 Å². The first-order valence-corrected chi connectivity index (χ1v) is 4.33. The second-order valence-electron chi connectivity index (χ2n) is 2.68. The van der Waals surface area contributed by atoms with Crippen molar-refractivity contribution in [3.8, 4) is 0 Å². The molecule has 2 nitrogen and oxygen atoms in total. The van der Waals surface area contributed by atoms with Crippen LogP contribution in [0.2, 0.25) is 0 Å². The van der Waals surface area contributed by atoms with Gasteiger partial charge in [-0.2, -0.15) is 0 Å². The van der Waals surface area contributed by atoms with Gasteiger partial charge >= 0.3 is 0 Å². The summed E-state index contributed by atoms with van der Waals surface area (Å²) in [5.74, 6) is 0.478. The van der Waals surface area contributed by atoms with Gasteiger partial charge in [0, 0.05) is 0 Å². The Morgan fingerprint density at radius 1 is 1.14 bits per heavy atom. The number of hydrogen-bond acceptors (Lipinski definition) is 2. The maximum absolute atomic E-state index is 5.09. The van der Waals surface area contributed by atoms with Gasteiger partial charge in [-0.3, -0.25) is 0 Å². The molecule has 1 aromatic carbocycles. The lowest BCUT2D eigenvalue weighted by Gasteiger charge is -2.09. The molecule has 0 aromatic heterocycles. The van der Waals surface area contributed by atoms with Crippen LogP contribution in [0.15, 0.2) is 48.9 Å². The Labute approximate surface area is 84.5 Å². The number of ether oxygens (including phenoxy) is 2. The van der Waals surface area contributed by atoms with E-state index in [0.717, 1.165) is 11.1 Å². The minimum atomic E-state index is 0.478. The summed E-state index contributed by atoms with van der Waals surface area (Å²) in [6.07, 6.45) is 1.72. The molecule has 0 radical (unpaired) electrons. The molecule has 14 heavy (non-hydrogen) atoms. The van der Waals surface area contributed by atoms with Crippen LogP contribution >= 0.6 is 0 Å². The molecule has 0 spiro atoms. The summed E-state index contributed by atoms with van der Waals surface area (Å²) in [4.78, 5) is 0. The Morgan fingerprint density at radius 2 is 1.71 bits per heavy atom. The number of allylic oxidation sites excluding steroid dienone is 2. The summed E-state index contributed by atoms with van der Waals surface area (Å²) < 4.78 is 10.2. The zero-order valence-corrected chi connectivity index (χ0v) is 8.49. The molecule has 1 aromatic rings. The summed E-state index contributed by atoms with van der Waals surface area (Å²) in [6, 6.07) is 9.84. The maximum Gasteiger partial charge on any atom is 0.286 e. The highest BCUT2D eigenvalue weighted by Gasteiger charge is 2.06. The lowest BCUT2D eigenvalue weighted by molar-refractivity contribution is 0.0984. The van der Waals surface area contributed by atoms with Gasteiger partial charge in [0.1, 0.15) is 0 Å². The molecular weight excluding hydrogens is 176 g/mol. The Hall–Kier alpha value is -1.70. The van der Waals surface area contributed by atoms with Crippen LogP contribution in [0.5, 0.6) is 0 Å². The summed E-state index contributed by atoms with van der Waals surface area (Å²) in [5, 5.41) is 0. The van der Waals surface area contributed by atoms with E-state index in [1.165, 1.54) is 0 Å². The predicted octanol–water partition coefficient (Wildman–Crippen LogP) is 2.83. The van der Waals surface area contributed by atoms with Gasteiger partial charge in [0.15, 0.2) is 0 Å². The number of hydrogen-bond donors (Lipinski definition) is 0. The third-order valence-electron chi connectivity index (χ3n) is 1.88. The van der Waals surface area contributed by atoms with E-state index in [-0.39, 0.29) is 0 Å². The SMILES string of the molecule is C=CC(=C(OC)OC)c1ccccc1. The van der Waals surface area contributed by atoms with Crippen molar-refractivity contribution in [2.45, 2.75) is 0 Å². The quantitative estimate of drug-likeness (QED) is 0.537. The normalized spacial score (nSPS) is 9.00. The van der Waals surface area contributed by atoms with Crippen molar-refractivity contribution >= 4 is 5.57 Å². The molecule has 74 valence electrons. The zero-order chi connectivity index (χ0) is 10.4. The molecule has 0 fully saturated rings. The fourth-order valence-electron chi connectivity index (χ4n) is 1.24. The van der Waals surface area contributed by atoms with E-state index in [1.54, 1.807) is 20.3 Å². The van der Waals surface area contributed by atoms with Crippen molar-refractivity contribution < 1.29 is 9.47 Å². The molecule has 2 heteroatoms. The summed E-state index contributed by atoms with van der Waals surface area (Å²) in [5.41, 5.74) is 1.89. The van der Waals surface area contributed by atoms with E-state index in [2.05, 4.69) is 6.58 Å². The van der Waals surface area contributed by atoms with E-state index in [1.807, 2.05) is 30.3 Å². The monoisotopic (exact) mass is 190 g/mol. The minimum Gasteiger partial charge on any atom is -0.468 e. The average molecular weight is 190 g/mol.